The largest absolute Gasteiger partial charge is 0.462 e. The summed E-state index contributed by atoms with van der Waals surface area (Å²) in [6.45, 7) is 3.80. The Morgan fingerprint density at radius 3 is 2.95 bits per heavy atom. The van der Waals surface area contributed by atoms with E-state index in [2.05, 4.69) is 16.7 Å². The van der Waals surface area contributed by atoms with E-state index in [1.807, 2.05) is 18.8 Å². The van der Waals surface area contributed by atoms with Crippen LogP contribution in [0.4, 0.5) is 0 Å². The highest BCUT2D eigenvalue weighted by molar-refractivity contribution is 7.98. The Balaban J connectivity index is 2.36. The molecule has 0 amide bonds. The van der Waals surface area contributed by atoms with Gasteiger partial charge in [0.25, 0.3) is 0 Å². The van der Waals surface area contributed by atoms with Crippen LogP contribution in [0.15, 0.2) is 6.20 Å². The van der Waals surface area contributed by atoms with Crippen molar-refractivity contribution >= 4 is 17.7 Å². The average molecular weight is 299 g/mol. The summed E-state index contributed by atoms with van der Waals surface area (Å²) < 4.78 is 6.76. The summed E-state index contributed by atoms with van der Waals surface area (Å²) in [5.41, 5.74) is 1.44. The lowest BCUT2D eigenvalue weighted by Gasteiger charge is -2.08. The van der Waals surface area contributed by atoms with Crippen LogP contribution in [-0.2, 0) is 18.3 Å². The monoisotopic (exact) mass is 299 g/mol. The van der Waals surface area contributed by atoms with Gasteiger partial charge in [0, 0.05) is 13.6 Å². The zero-order chi connectivity index (χ0) is 14.8. The first kappa shape index (κ1) is 17.0. The minimum atomic E-state index is -0.294. The zero-order valence-electron chi connectivity index (χ0n) is 12.6. The summed E-state index contributed by atoms with van der Waals surface area (Å²) in [6, 6.07) is 0. The second kappa shape index (κ2) is 9.83. The van der Waals surface area contributed by atoms with Gasteiger partial charge in [-0.3, -0.25) is 4.68 Å². The summed E-state index contributed by atoms with van der Waals surface area (Å²) in [4.78, 5) is 11.8. The SMILES string of the molecule is CCOC(=O)c1cnn(C)c1CNCCCCCSC. The van der Waals surface area contributed by atoms with Crippen molar-refractivity contribution in [2.24, 2.45) is 7.05 Å². The van der Waals surface area contributed by atoms with Crippen molar-refractivity contribution < 1.29 is 9.53 Å². The fourth-order valence-corrected chi connectivity index (χ4v) is 2.42. The Bertz CT molecular complexity index is 407. The first-order valence-corrected chi connectivity index (χ1v) is 8.47. The van der Waals surface area contributed by atoms with Crippen molar-refractivity contribution in [1.29, 1.82) is 0 Å². The number of ether oxygens (including phenoxy) is 1. The molecule has 0 saturated heterocycles. The van der Waals surface area contributed by atoms with Crippen molar-refractivity contribution in [2.45, 2.75) is 32.7 Å². The second-order valence-corrected chi connectivity index (χ2v) is 5.56. The Morgan fingerprint density at radius 1 is 1.45 bits per heavy atom. The number of thioether (sulfide) groups is 1. The molecule has 1 rings (SSSR count). The number of nitrogens with zero attached hydrogens (tertiary/aromatic N) is 2. The van der Waals surface area contributed by atoms with Gasteiger partial charge in [-0.2, -0.15) is 16.9 Å². The molecule has 0 fully saturated rings. The molecule has 0 spiro atoms. The van der Waals surface area contributed by atoms with Crippen LogP contribution in [0.2, 0.25) is 0 Å². The van der Waals surface area contributed by atoms with Gasteiger partial charge in [0.15, 0.2) is 0 Å². The normalized spacial score (nSPS) is 10.8. The standard InChI is InChI=1S/C14H25N3O2S/c1-4-19-14(18)12-10-16-17(2)13(12)11-15-8-6-5-7-9-20-3/h10,15H,4-9,11H2,1-3H3. The summed E-state index contributed by atoms with van der Waals surface area (Å²) in [5.74, 6) is 0.937. The Kier molecular flexibility index (Phi) is 8.37. The fourth-order valence-electron chi connectivity index (χ4n) is 1.93. The molecular formula is C14H25N3O2S. The van der Waals surface area contributed by atoms with Gasteiger partial charge in [-0.15, -0.1) is 0 Å². The molecule has 0 aliphatic carbocycles. The Hall–Kier alpha value is -1.01. The van der Waals surface area contributed by atoms with E-state index in [0.29, 0.717) is 18.7 Å². The van der Waals surface area contributed by atoms with Crippen molar-refractivity contribution in [3.63, 3.8) is 0 Å². The van der Waals surface area contributed by atoms with Crippen LogP contribution >= 0.6 is 11.8 Å². The number of aromatic nitrogens is 2. The summed E-state index contributed by atoms with van der Waals surface area (Å²) >= 11 is 1.89. The third kappa shape index (κ3) is 5.54. The van der Waals surface area contributed by atoms with E-state index in [9.17, 15) is 4.79 Å². The number of esters is 1. The molecule has 0 bridgehead atoms. The summed E-state index contributed by atoms with van der Waals surface area (Å²) in [7, 11) is 1.85. The van der Waals surface area contributed by atoms with Crippen LogP contribution in [0.3, 0.4) is 0 Å². The van der Waals surface area contributed by atoms with Crippen LogP contribution < -0.4 is 5.32 Å². The highest BCUT2D eigenvalue weighted by Crippen LogP contribution is 2.09. The van der Waals surface area contributed by atoms with E-state index in [4.69, 9.17) is 4.74 Å². The lowest BCUT2D eigenvalue weighted by molar-refractivity contribution is 0.0524. The van der Waals surface area contributed by atoms with Gasteiger partial charge in [-0.25, -0.2) is 4.79 Å². The van der Waals surface area contributed by atoms with Crippen molar-refractivity contribution in [1.82, 2.24) is 15.1 Å². The quantitative estimate of drug-likeness (QED) is 0.530. The molecule has 1 aromatic rings. The topological polar surface area (TPSA) is 56.1 Å². The molecular weight excluding hydrogens is 274 g/mol. The molecule has 1 N–H and O–H groups in total. The molecule has 20 heavy (non-hydrogen) atoms. The molecule has 0 saturated carbocycles. The number of nitrogens with one attached hydrogen (secondary N) is 1. The molecule has 114 valence electrons. The number of hydrogen-bond donors (Lipinski definition) is 1. The Labute approximate surface area is 125 Å². The highest BCUT2D eigenvalue weighted by atomic mass is 32.2. The minimum absolute atomic E-state index is 0.294. The van der Waals surface area contributed by atoms with Crippen molar-refractivity contribution in [3.05, 3.63) is 17.5 Å². The van der Waals surface area contributed by atoms with Crippen LogP contribution in [0, 0.1) is 0 Å². The maximum atomic E-state index is 11.8. The van der Waals surface area contributed by atoms with Crippen molar-refractivity contribution in [2.75, 3.05) is 25.2 Å². The third-order valence-electron chi connectivity index (χ3n) is 3.05. The van der Waals surface area contributed by atoms with E-state index >= 15 is 0 Å². The van der Waals surface area contributed by atoms with Crippen LogP contribution in [0.5, 0.6) is 0 Å². The van der Waals surface area contributed by atoms with E-state index in [0.717, 1.165) is 18.7 Å². The predicted molar refractivity (Wildman–Crippen MR) is 83.1 cm³/mol. The lowest BCUT2D eigenvalue weighted by Crippen LogP contribution is -2.19. The van der Waals surface area contributed by atoms with E-state index in [-0.39, 0.29) is 5.97 Å². The number of aryl methyl sites for hydroxylation is 1. The molecule has 0 aliphatic rings. The van der Waals surface area contributed by atoms with Crippen LogP contribution in [-0.4, -0.2) is 40.9 Å². The molecule has 6 heteroatoms. The number of rotatable bonds is 10. The second-order valence-electron chi connectivity index (χ2n) is 4.58. The molecule has 0 aromatic carbocycles. The summed E-state index contributed by atoms with van der Waals surface area (Å²) in [6.07, 6.45) is 7.38. The molecule has 1 heterocycles. The Morgan fingerprint density at radius 2 is 2.25 bits per heavy atom. The zero-order valence-corrected chi connectivity index (χ0v) is 13.5. The van der Waals surface area contributed by atoms with Crippen molar-refractivity contribution in [3.8, 4) is 0 Å². The molecule has 0 radical (unpaired) electrons. The fraction of sp³-hybridized carbons (Fsp3) is 0.714. The maximum Gasteiger partial charge on any atom is 0.341 e. The number of carbonyl (C=O) groups is 1. The number of carbonyl (C=O) groups excluding carboxylic acids is 1. The van der Waals surface area contributed by atoms with Gasteiger partial charge in [-0.05, 0) is 38.3 Å². The lowest BCUT2D eigenvalue weighted by atomic mass is 10.2. The van der Waals surface area contributed by atoms with Gasteiger partial charge in [0.2, 0.25) is 0 Å². The number of hydrogen-bond acceptors (Lipinski definition) is 5. The first-order chi connectivity index (χ1) is 9.70. The molecule has 5 nitrogen and oxygen atoms in total. The molecule has 0 aliphatic heterocycles. The third-order valence-corrected chi connectivity index (χ3v) is 3.75. The summed E-state index contributed by atoms with van der Waals surface area (Å²) in [5, 5.41) is 7.50. The molecule has 0 atom stereocenters. The van der Waals surface area contributed by atoms with Crippen LogP contribution in [0.1, 0.15) is 42.2 Å². The van der Waals surface area contributed by atoms with Gasteiger partial charge in [0.1, 0.15) is 5.56 Å². The maximum absolute atomic E-state index is 11.8. The van der Waals surface area contributed by atoms with Gasteiger partial charge in [-0.1, -0.05) is 6.42 Å². The van der Waals surface area contributed by atoms with E-state index < -0.39 is 0 Å². The minimum Gasteiger partial charge on any atom is -0.462 e. The first-order valence-electron chi connectivity index (χ1n) is 7.08. The van der Waals surface area contributed by atoms with Gasteiger partial charge in [0.05, 0.1) is 18.5 Å². The van der Waals surface area contributed by atoms with Crippen LogP contribution in [0.25, 0.3) is 0 Å². The molecule has 0 unspecified atom stereocenters. The smallest absolute Gasteiger partial charge is 0.341 e. The van der Waals surface area contributed by atoms with E-state index in [1.165, 1.54) is 18.6 Å². The molecule has 1 aromatic heterocycles. The van der Waals surface area contributed by atoms with Gasteiger partial charge < -0.3 is 10.1 Å². The number of unbranched alkanes of at least 4 members (excludes halogenated alkanes) is 2. The van der Waals surface area contributed by atoms with E-state index in [1.54, 1.807) is 17.8 Å². The average Bonchev–Trinajstić information content (AvgIpc) is 2.79. The highest BCUT2D eigenvalue weighted by Gasteiger charge is 2.16. The predicted octanol–water partition coefficient (Wildman–Crippen LogP) is 2.22. The van der Waals surface area contributed by atoms with Gasteiger partial charge >= 0.3 is 5.97 Å².